The van der Waals surface area contributed by atoms with E-state index in [2.05, 4.69) is 69.1 Å². The quantitative estimate of drug-likeness (QED) is 0.398. The molecule has 2 aromatic carbocycles. The number of aromatic nitrogens is 3. The molecule has 1 saturated heterocycles. The van der Waals surface area contributed by atoms with Gasteiger partial charge in [-0.25, -0.2) is 9.97 Å². The molecule has 5 nitrogen and oxygen atoms in total. The molecule has 2 N–H and O–H groups in total. The molecule has 0 bridgehead atoms. The van der Waals surface area contributed by atoms with Crippen LogP contribution < -0.4 is 10.6 Å². The van der Waals surface area contributed by atoms with Crippen LogP contribution in [0, 0.1) is 5.41 Å². The Morgan fingerprint density at radius 2 is 1.73 bits per heavy atom. The maximum atomic E-state index is 6.78. The number of thioether (sulfide) groups is 1. The Balaban J connectivity index is 1.25. The Hall–Kier alpha value is -2.48. The molecule has 1 fully saturated rings. The molecular formula is C26H27N5S2. The van der Waals surface area contributed by atoms with Crippen LogP contribution in [0.3, 0.4) is 0 Å². The number of benzene rings is 2. The second-order valence-corrected chi connectivity index (χ2v) is 10.9. The van der Waals surface area contributed by atoms with E-state index in [4.69, 9.17) is 10.7 Å². The highest BCUT2D eigenvalue weighted by atomic mass is 32.2. The van der Waals surface area contributed by atoms with Gasteiger partial charge in [-0.15, -0.1) is 11.8 Å². The summed E-state index contributed by atoms with van der Waals surface area (Å²) in [4.78, 5) is 15.6. The molecular weight excluding hydrogens is 446 g/mol. The third-order valence-electron chi connectivity index (χ3n) is 7.30. The lowest BCUT2D eigenvalue weighted by Crippen LogP contribution is -2.45. The first-order valence-corrected chi connectivity index (χ1v) is 13.4. The molecule has 168 valence electrons. The van der Waals surface area contributed by atoms with Gasteiger partial charge in [0.1, 0.15) is 0 Å². The first kappa shape index (κ1) is 21.1. The minimum absolute atomic E-state index is 0.132. The summed E-state index contributed by atoms with van der Waals surface area (Å²) in [6.45, 7) is 1.92. The van der Waals surface area contributed by atoms with Gasteiger partial charge in [-0.3, -0.25) is 4.40 Å². The highest BCUT2D eigenvalue weighted by Crippen LogP contribution is 2.51. The van der Waals surface area contributed by atoms with Crippen LogP contribution in [0.15, 0.2) is 81.8 Å². The van der Waals surface area contributed by atoms with Gasteiger partial charge in [0, 0.05) is 47.5 Å². The highest BCUT2D eigenvalue weighted by Gasteiger charge is 2.46. The molecule has 1 atom stereocenters. The number of rotatable bonds is 4. The van der Waals surface area contributed by atoms with Crippen LogP contribution in [0.25, 0.3) is 5.65 Å². The summed E-state index contributed by atoms with van der Waals surface area (Å²) >= 11 is 3.50. The number of hydrogen-bond donors (Lipinski definition) is 1. The molecule has 1 spiro atoms. The summed E-state index contributed by atoms with van der Waals surface area (Å²) < 4.78 is 2.14. The largest absolute Gasteiger partial charge is 0.342 e. The molecule has 6 rings (SSSR count). The van der Waals surface area contributed by atoms with Crippen molar-refractivity contribution in [2.75, 3.05) is 24.2 Å². The van der Waals surface area contributed by atoms with Crippen LogP contribution in [0.1, 0.15) is 30.0 Å². The van der Waals surface area contributed by atoms with E-state index < -0.39 is 0 Å². The summed E-state index contributed by atoms with van der Waals surface area (Å²) in [5.41, 5.74) is 10.7. The zero-order chi connectivity index (χ0) is 22.4. The first-order chi connectivity index (χ1) is 16.2. The maximum absolute atomic E-state index is 6.78. The Morgan fingerprint density at radius 3 is 2.52 bits per heavy atom. The first-order valence-electron chi connectivity index (χ1n) is 11.4. The molecule has 1 aliphatic heterocycles. The summed E-state index contributed by atoms with van der Waals surface area (Å²) in [7, 11) is 0. The van der Waals surface area contributed by atoms with E-state index in [1.165, 1.54) is 20.9 Å². The summed E-state index contributed by atoms with van der Waals surface area (Å²) in [5, 5.41) is 0. The SMILES string of the molecule is CSc1ccccc1Sc1cnc(N2CCC3(CC2)Cc2ccccc2[C@H]3N)n2ccnc12. The van der Waals surface area contributed by atoms with Crippen molar-refractivity contribution < 1.29 is 0 Å². The van der Waals surface area contributed by atoms with Crippen LogP contribution in [-0.4, -0.2) is 33.7 Å². The molecule has 33 heavy (non-hydrogen) atoms. The van der Waals surface area contributed by atoms with Gasteiger partial charge in [-0.05, 0) is 54.2 Å². The fourth-order valence-corrected chi connectivity index (χ4v) is 7.23. The monoisotopic (exact) mass is 473 g/mol. The predicted octanol–water partition coefficient (Wildman–Crippen LogP) is 5.45. The van der Waals surface area contributed by atoms with Crippen LogP contribution in [0.4, 0.5) is 5.95 Å². The third-order valence-corrected chi connectivity index (χ3v) is 9.31. The van der Waals surface area contributed by atoms with E-state index in [-0.39, 0.29) is 11.5 Å². The van der Waals surface area contributed by atoms with Gasteiger partial charge in [-0.2, -0.15) is 0 Å². The lowest BCUT2D eigenvalue weighted by Gasteiger charge is -2.42. The third kappa shape index (κ3) is 3.54. The van der Waals surface area contributed by atoms with E-state index in [1.807, 2.05) is 18.6 Å². The van der Waals surface area contributed by atoms with Crippen molar-refractivity contribution in [3.8, 4) is 0 Å². The number of nitrogens with two attached hydrogens (primary N) is 1. The van der Waals surface area contributed by atoms with Gasteiger partial charge in [0.15, 0.2) is 5.65 Å². The molecule has 3 heterocycles. The Morgan fingerprint density at radius 1 is 0.970 bits per heavy atom. The van der Waals surface area contributed by atoms with Crippen molar-refractivity contribution in [3.05, 3.63) is 78.2 Å². The van der Waals surface area contributed by atoms with E-state index in [1.54, 1.807) is 23.5 Å². The number of anilines is 1. The summed E-state index contributed by atoms with van der Waals surface area (Å²) in [6.07, 6.45) is 11.3. The summed E-state index contributed by atoms with van der Waals surface area (Å²) in [5.74, 6) is 0.976. The second-order valence-electron chi connectivity index (χ2n) is 9.00. The molecule has 2 aliphatic rings. The van der Waals surface area contributed by atoms with Gasteiger partial charge in [0.05, 0.1) is 4.90 Å². The summed E-state index contributed by atoms with van der Waals surface area (Å²) in [6, 6.07) is 17.3. The van der Waals surface area contributed by atoms with Crippen molar-refractivity contribution in [2.24, 2.45) is 11.1 Å². The maximum Gasteiger partial charge on any atom is 0.211 e. The molecule has 0 saturated carbocycles. The second kappa shape index (κ2) is 8.38. The van der Waals surface area contributed by atoms with Crippen molar-refractivity contribution >= 4 is 35.1 Å². The van der Waals surface area contributed by atoms with Gasteiger partial charge >= 0.3 is 0 Å². The lowest BCUT2D eigenvalue weighted by molar-refractivity contribution is 0.186. The van der Waals surface area contributed by atoms with Crippen molar-refractivity contribution in [3.63, 3.8) is 0 Å². The topological polar surface area (TPSA) is 59.5 Å². The average molecular weight is 474 g/mol. The molecule has 0 radical (unpaired) electrons. The van der Waals surface area contributed by atoms with Crippen LogP contribution in [-0.2, 0) is 6.42 Å². The van der Waals surface area contributed by atoms with E-state index >= 15 is 0 Å². The highest BCUT2D eigenvalue weighted by molar-refractivity contribution is 8.02. The fourth-order valence-electron chi connectivity index (χ4n) is 5.47. The Kier molecular flexibility index (Phi) is 5.35. The van der Waals surface area contributed by atoms with Crippen LogP contribution in [0.5, 0.6) is 0 Å². The molecule has 1 aliphatic carbocycles. The fraction of sp³-hybridized carbons (Fsp3) is 0.308. The number of piperidine rings is 1. The predicted molar refractivity (Wildman–Crippen MR) is 136 cm³/mol. The van der Waals surface area contributed by atoms with Gasteiger partial charge in [-0.1, -0.05) is 48.2 Å². The van der Waals surface area contributed by atoms with E-state index in [0.29, 0.717) is 0 Å². The molecule has 4 aromatic rings. The van der Waals surface area contributed by atoms with Crippen molar-refractivity contribution in [1.82, 2.24) is 14.4 Å². The lowest BCUT2D eigenvalue weighted by atomic mass is 9.73. The van der Waals surface area contributed by atoms with Gasteiger partial charge < -0.3 is 10.6 Å². The number of imidazole rings is 1. The number of hydrogen-bond acceptors (Lipinski definition) is 6. The van der Waals surface area contributed by atoms with Crippen LogP contribution in [0.2, 0.25) is 0 Å². The average Bonchev–Trinajstić information content (AvgIpc) is 3.45. The smallest absolute Gasteiger partial charge is 0.211 e. The van der Waals surface area contributed by atoms with E-state index in [0.717, 1.165) is 48.8 Å². The normalized spacial score (nSPS) is 19.3. The zero-order valence-corrected chi connectivity index (χ0v) is 20.3. The minimum atomic E-state index is 0.132. The zero-order valence-electron chi connectivity index (χ0n) is 18.6. The molecule has 2 aromatic heterocycles. The standard InChI is InChI=1S/C26H27N5S2/c1-32-20-8-4-5-9-21(20)33-22-17-29-25(31-15-12-28-24(22)31)30-13-10-26(11-14-30)16-18-6-2-3-7-19(18)23(26)27/h2-9,12,15,17,23H,10-11,13-14,16,27H2,1H3/t23-/m1/s1. The molecule has 0 amide bonds. The molecule has 7 heteroatoms. The van der Waals surface area contributed by atoms with Gasteiger partial charge in [0.2, 0.25) is 5.95 Å². The molecule has 0 unspecified atom stereocenters. The minimum Gasteiger partial charge on any atom is -0.342 e. The van der Waals surface area contributed by atoms with Crippen LogP contribution >= 0.6 is 23.5 Å². The Bertz CT molecular complexity index is 1310. The Labute approximate surface area is 202 Å². The van der Waals surface area contributed by atoms with Crippen molar-refractivity contribution in [2.45, 2.75) is 40.0 Å². The number of fused-ring (bicyclic) bond motifs is 2. The van der Waals surface area contributed by atoms with E-state index in [9.17, 15) is 0 Å². The van der Waals surface area contributed by atoms with Gasteiger partial charge in [0.25, 0.3) is 0 Å². The number of nitrogens with zero attached hydrogens (tertiary/aromatic N) is 4. The van der Waals surface area contributed by atoms with Crippen molar-refractivity contribution in [1.29, 1.82) is 0 Å².